The minimum Gasteiger partial charge on any atom is -0.385 e. The van der Waals surface area contributed by atoms with Gasteiger partial charge in [0.05, 0.1) is 5.56 Å². The molecule has 0 saturated heterocycles. The number of carbonyl (C=O) groups is 1. The second-order valence-electron chi connectivity index (χ2n) is 5.92. The Bertz CT molecular complexity index is 464. The second-order valence-corrected chi connectivity index (χ2v) is 5.92. The van der Waals surface area contributed by atoms with E-state index in [-0.39, 0.29) is 5.91 Å². The molecule has 1 aliphatic rings. The maximum Gasteiger partial charge on any atom is 0.255 e. The van der Waals surface area contributed by atoms with Crippen molar-refractivity contribution in [3.8, 4) is 0 Å². The SMILES string of the molecule is CCNc1cc(C)ccc1C(=O)N(C)CC1CCCC1. The Labute approximate surface area is 122 Å². The first-order valence-corrected chi connectivity index (χ1v) is 7.71. The maximum atomic E-state index is 12.6. The van der Waals surface area contributed by atoms with Gasteiger partial charge in [0.1, 0.15) is 0 Å². The van der Waals surface area contributed by atoms with Crippen LogP contribution >= 0.6 is 0 Å². The van der Waals surface area contributed by atoms with Crippen LogP contribution in [0.1, 0.15) is 48.5 Å². The first-order chi connectivity index (χ1) is 9.61. The highest BCUT2D eigenvalue weighted by atomic mass is 16.2. The second kappa shape index (κ2) is 6.78. The zero-order chi connectivity index (χ0) is 14.5. The molecule has 0 heterocycles. The average Bonchev–Trinajstić information content (AvgIpc) is 2.91. The lowest BCUT2D eigenvalue weighted by molar-refractivity contribution is 0.0774. The fourth-order valence-corrected chi connectivity index (χ4v) is 3.05. The molecule has 0 spiro atoms. The molecule has 2 rings (SSSR count). The number of hydrogen-bond donors (Lipinski definition) is 1. The molecule has 0 radical (unpaired) electrons. The molecular formula is C17H26N2O. The van der Waals surface area contributed by atoms with Gasteiger partial charge in [0.25, 0.3) is 5.91 Å². The molecule has 0 unspecified atom stereocenters. The highest BCUT2D eigenvalue weighted by molar-refractivity contribution is 5.99. The van der Waals surface area contributed by atoms with E-state index in [1.165, 1.54) is 31.2 Å². The van der Waals surface area contributed by atoms with E-state index in [1.807, 2.05) is 24.1 Å². The first-order valence-electron chi connectivity index (χ1n) is 7.71. The summed E-state index contributed by atoms with van der Waals surface area (Å²) in [6.07, 6.45) is 5.18. The third kappa shape index (κ3) is 3.53. The Balaban J connectivity index is 2.10. The Kier molecular flexibility index (Phi) is 5.05. The predicted octanol–water partition coefficient (Wildman–Crippen LogP) is 3.69. The van der Waals surface area contributed by atoms with Crippen LogP contribution in [0.15, 0.2) is 18.2 Å². The Morgan fingerprint density at radius 1 is 1.35 bits per heavy atom. The average molecular weight is 274 g/mol. The third-order valence-corrected chi connectivity index (χ3v) is 4.13. The van der Waals surface area contributed by atoms with Gasteiger partial charge in [-0.3, -0.25) is 4.79 Å². The van der Waals surface area contributed by atoms with Crippen molar-refractivity contribution in [1.82, 2.24) is 4.90 Å². The molecule has 0 aromatic heterocycles. The number of nitrogens with zero attached hydrogens (tertiary/aromatic N) is 1. The Hall–Kier alpha value is -1.51. The number of anilines is 1. The van der Waals surface area contributed by atoms with Gasteiger partial charge in [-0.1, -0.05) is 18.9 Å². The minimum absolute atomic E-state index is 0.132. The molecule has 110 valence electrons. The number of amides is 1. The molecule has 3 nitrogen and oxygen atoms in total. The van der Waals surface area contributed by atoms with Gasteiger partial charge in [-0.05, 0) is 50.3 Å². The number of carbonyl (C=O) groups excluding carboxylic acids is 1. The van der Waals surface area contributed by atoms with Gasteiger partial charge in [0.2, 0.25) is 0 Å². The first kappa shape index (κ1) is 14.9. The normalized spacial score (nSPS) is 15.3. The van der Waals surface area contributed by atoms with E-state index in [1.54, 1.807) is 0 Å². The van der Waals surface area contributed by atoms with E-state index in [4.69, 9.17) is 0 Å². The van der Waals surface area contributed by atoms with Crippen molar-refractivity contribution in [2.75, 3.05) is 25.5 Å². The molecule has 0 atom stereocenters. The van der Waals surface area contributed by atoms with Crippen molar-refractivity contribution in [1.29, 1.82) is 0 Å². The maximum absolute atomic E-state index is 12.6. The van der Waals surface area contributed by atoms with Gasteiger partial charge < -0.3 is 10.2 Å². The van der Waals surface area contributed by atoms with Crippen LogP contribution in [0.2, 0.25) is 0 Å². The molecule has 0 bridgehead atoms. The van der Waals surface area contributed by atoms with Crippen LogP contribution in [0.25, 0.3) is 0 Å². The fourth-order valence-electron chi connectivity index (χ4n) is 3.05. The van der Waals surface area contributed by atoms with E-state index >= 15 is 0 Å². The third-order valence-electron chi connectivity index (χ3n) is 4.13. The van der Waals surface area contributed by atoms with Gasteiger partial charge >= 0.3 is 0 Å². The van der Waals surface area contributed by atoms with Gasteiger partial charge in [-0.15, -0.1) is 0 Å². The lowest BCUT2D eigenvalue weighted by atomic mass is 10.1. The summed E-state index contributed by atoms with van der Waals surface area (Å²) >= 11 is 0. The van der Waals surface area contributed by atoms with E-state index in [0.717, 1.165) is 24.3 Å². The zero-order valence-corrected chi connectivity index (χ0v) is 12.9. The molecule has 1 N–H and O–H groups in total. The summed E-state index contributed by atoms with van der Waals surface area (Å²) in [5.41, 5.74) is 2.92. The molecule has 1 amide bonds. The summed E-state index contributed by atoms with van der Waals surface area (Å²) in [5, 5.41) is 3.30. The molecule has 1 aliphatic carbocycles. The highest BCUT2D eigenvalue weighted by Crippen LogP contribution is 2.26. The van der Waals surface area contributed by atoms with Crippen LogP contribution in [0.5, 0.6) is 0 Å². The summed E-state index contributed by atoms with van der Waals surface area (Å²) in [6, 6.07) is 6.01. The van der Waals surface area contributed by atoms with E-state index < -0.39 is 0 Å². The van der Waals surface area contributed by atoms with E-state index in [2.05, 4.69) is 25.2 Å². The van der Waals surface area contributed by atoms with Crippen molar-refractivity contribution < 1.29 is 4.79 Å². The Morgan fingerprint density at radius 2 is 2.05 bits per heavy atom. The highest BCUT2D eigenvalue weighted by Gasteiger charge is 2.21. The summed E-state index contributed by atoms with van der Waals surface area (Å²) in [4.78, 5) is 14.5. The summed E-state index contributed by atoms with van der Waals surface area (Å²) in [6.45, 7) is 5.82. The van der Waals surface area contributed by atoms with Gasteiger partial charge in [-0.2, -0.15) is 0 Å². The van der Waals surface area contributed by atoms with E-state index in [0.29, 0.717) is 5.92 Å². The van der Waals surface area contributed by atoms with Crippen LogP contribution in [0, 0.1) is 12.8 Å². The van der Waals surface area contributed by atoms with Crippen molar-refractivity contribution in [3.05, 3.63) is 29.3 Å². The number of benzene rings is 1. The molecular weight excluding hydrogens is 248 g/mol. The van der Waals surface area contributed by atoms with Crippen LogP contribution in [0.3, 0.4) is 0 Å². The zero-order valence-electron chi connectivity index (χ0n) is 12.9. The number of hydrogen-bond acceptors (Lipinski definition) is 2. The predicted molar refractivity (Wildman–Crippen MR) is 84.3 cm³/mol. The number of nitrogens with one attached hydrogen (secondary N) is 1. The number of aryl methyl sites for hydroxylation is 1. The monoisotopic (exact) mass is 274 g/mol. The molecule has 3 heteroatoms. The van der Waals surface area contributed by atoms with Gasteiger partial charge in [0.15, 0.2) is 0 Å². The largest absolute Gasteiger partial charge is 0.385 e. The smallest absolute Gasteiger partial charge is 0.255 e. The lowest BCUT2D eigenvalue weighted by Crippen LogP contribution is -2.31. The van der Waals surface area contributed by atoms with Crippen molar-refractivity contribution in [2.45, 2.75) is 39.5 Å². The minimum atomic E-state index is 0.132. The van der Waals surface area contributed by atoms with Crippen molar-refractivity contribution >= 4 is 11.6 Å². The number of rotatable bonds is 5. The fraction of sp³-hybridized carbons (Fsp3) is 0.588. The molecule has 0 aliphatic heterocycles. The summed E-state index contributed by atoms with van der Waals surface area (Å²) < 4.78 is 0. The molecule has 1 fully saturated rings. The molecule has 20 heavy (non-hydrogen) atoms. The van der Waals surface area contributed by atoms with Crippen molar-refractivity contribution in [2.24, 2.45) is 5.92 Å². The van der Waals surface area contributed by atoms with Gasteiger partial charge in [0, 0.05) is 25.8 Å². The topological polar surface area (TPSA) is 32.3 Å². The molecule has 1 aromatic rings. The quantitative estimate of drug-likeness (QED) is 0.888. The standard InChI is InChI=1S/C17H26N2O/c1-4-18-16-11-13(2)9-10-15(16)17(20)19(3)12-14-7-5-6-8-14/h9-11,14,18H,4-8,12H2,1-3H3. The van der Waals surface area contributed by atoms with Crippen LogP contribution in [-0.2, 0) is 0 Å². The van der Waals surface area contributed by atoms with Crippen LogP contribution < -0.4 is 5.32 Å². The lowest BCUT2D eigenvalue weighted by Gasteiger charge is -2.22. The van der Waals surface area contributed by atoms with Crippen LogP contribution in [0.4, 0.5) is 5.69 Å². The Morgan fingerprint density at radius 3 is 2.70 bits per heavy atom. The van der Waals surface area contributed by atoms with Crippen LogP contribution in [-0.4, -0.2) is 30.9 Å². The molecule has 1 aromatic carbocycles. The summed E-state index contributed by atoms with van der Waals surface area (Å²) in [7, 11) is 1.93. The molecule has 1 saturated carbocycles. The summed E-state index contributed by atoms with van der Waals surface area (Å²) in [5.74, 6) is 0.824. The van der Waals surface area contributed by atoms with Crippen molar-refractivity contribution in [3.63, 3.8) is 0 Å². The van der Waals surface area contributed by atoms with Gasteiger partial charge in [-0.25, -0.2) is 0 Å². The van der Waals surface area contributed by atoms with E-state index in [9.17, 15) is 4.79 Å².